The van der Waals surface area contributed by atoms with Crippen molar-refractivity contribution in [3.8, 4) is 5.75 Å². The van der Waals surface area contributed by atoms with Crippen LogP contribution >= 0.6 is 0 Å². The van der Waals surface area contributed by atoms with Crippen molar-refractivity contribution in [1.82, 2.24) is 4.98 Å². The van der Waals surface area contributed by atoms with Gasteiger partial charge in [0, 0.05) is 12.0 Å². The van der Waals surface area contributed by atoms with Crippen LogP contribution in [0.25, 0.3) is 0 Å². The lowest BCUT2D eigenvalue weighted by molar-refractivity contribution is -0.0501. The monoisotopic (exact) mass is 501 g/mol. The van der Waals surface area contributed by atoms with Gasteiger partial charge in [0.05, 0.1) is 11.9 Å². The standard InChI is InChI=1S/C22H23F4N3O4S/c1-12-6-14(33-20(25)26)9-28-18(12)17(30)8-13-4-5-16(24)15(7-13)22(10-23)11-34(31,32)21(2,3)19(27)29-22/h4-7,9,20H,8,10-11H2,1-3H3,(H2,27,29)/t22-/m0/s1. The summed E-state index contributed by atoms with van der Waals surface area (Å²) in [5.41, 5.74) is 3.92. The molecule has 0 amide bonds. The maximum Gasteiger partial charge on any atom is 0.387 e. The molecule has 34 heavy (non-hydrogen) atoms. The van der Waals surface area contributed by atoms with Crippen LogP contribution in [0.15, 0.2) is 35.5 Å². The van der Waals surface area contributed by atoms with Gasteiger partial charge in [0.1, 0.15) is 40.1 Å². The van der Waals surface area contributed by atoms with Crippen molar-refractivity contribution in [2.24, 2.45) is 10.7 Å². The quantitative estimate of drug-likeness (QED) is 0.460. The lowest BCUT2D eigenvalue weighted by atomic mass is 9.90. The van der Waals surface area contributed by atoms with E-state index in [4.69, 9.17) is 5.73 Å². The highest BCUT2D eigenvalue weighted by molar-refractivity contribution is 7.93. The summed E-state index contributed by atoms with van der Waals surface area (Å²) in [6.45, 7) is -0.222. The van der Waals surface area contributed by atoms with Gasteiger partial charge in [-0.15, -0.1) is 0 Å². The zero-order chi connectivity index (χ0) is 25.5. The number of hydrogen-bond acceptors (Lipinski definition) is 7. The maximum absolute atomic E-state index is 14.8. The van der Waals surface area contributed by atoms with E-state index in [2.05, 4.69) is 14.7 Å². The first-order valence-electron chi connectivity index (χ1n) is 10.1. The number of nitrogens with zero attached hydrogens (tertiary/aromatic N) is 2. The first-order valence-corrected chi connectivity index (χ1v) is 11.8. The van der Waals surface area contributed by atoms with Gasteiger partial charge in [-0.05, 0) is 50.1 Å². The Morgan fingerprint density at radius 3 is 2.50 bits per heavy atom. The summed E-state index contributed by atoms with van der Waals surface area (Å²) in [5, 5.41) is 0. The van der Waals surface area contributed by atoms with Crippen molar-refractivity contribution in [2.45, 2.75) is 44.1 Å². The summed E-state index contributed by atoms with van der Waals surface area (Å²) >= 11 is 0. The number of pyridine rings is 1. The van der Waals surface area contributed by atoms with Gasteiger partial charge >= 0.3 is 6.61 Å². The number of hydrogen-bond donors (Lipinski definition) is 1. The van der Waals surface area contributed by atoms with E-state index in [1.165, 1.54) is 39.0 Å². The molecule has 0 unspecified atom stereocenters. The Hall–Kier alpha value is -3.02. The molecule has 0 aliphatic carbocycles. The Balaban J connectivity index is 1.97. The molecule has 7 nitrogen and oxygen atoms in total. The fraction of sp³-hybridized carbons (Fsp3) is 0.409. The molecule has 2 aromatic rings. The van der Waals surface area contributed by atoms with Crippen LogP contribution in [0, 0.1) is 12.7 Å². The molecule has 1 aromatic carbocycles. The Morgan fingerprint density at radius 1 is 1.26 bits per heavy atom. The minimum absolute atomic E-state index is 0.0167. The van der Waals surface area contributed by atoms with Crippen LogP contribution in [0.5, 0.6) is 5.75 Å². The van der Waals surface area contributed by atoms with Crippen molar-refractivity contribution >= 4 is 21.5 Å². The second-order valence-corrected chi connectivity index (χ2v) is 11.1. The molecule has 3 rings (SSSR count). The number of Topliss-reactive ketones (excluding diaryl/α,β-unsaturated/α-hetero) is 1. The number of carbonyl (C=O) groups is 1. The minimum Gasteiger partial charge on any atom is -0.433 e. The van der Waals surface area contributed by atoms with E-state index < -0.39 is 50.8 Å². The number of sulfone groups is 1. The van der Waals surface area contributed by atoms with Gasteiger partial charge in [-0.1, -0.05) is 6.07 Å². The molecule has 1 atom stereocenters. The molecule has 0 fully saturated rings. The maximum atomic E-state index is 14.8. The molecule has 2 heterocycles. The Bertz CT molecular complexity index is 1260. The molecule has 0 spiro atoms. The van der Waals surface area contributed by atoms with Crippen LogP contribution in [-0.2, 0) is 21.8 Å². The van der Waals surface area contributed by atoms with E-state index in [0.29, 0.717) is 0 Å². The van der Waals surface area contributed by atoms with Gasteiger partial charge in [-0.3, -0.25) is 9.79 Å². The van der Waals surface area contributed by atoms with Gasteiger partial charge in [0.2, 0.25) is 0 Å². The number of nitrogens with two attached hydrogens (primary N) is 1. The number of rotatable bonds is 7. The molecule has 0 saturated carbocycles. The molecule has 1 aromatic heterocycles. The van der Waals surface area contributed by atoms with Crippen molar-refractivity contribution in [1.29, 1.82) is 0 Å². The van der Waals surface area contributed by atoms with Crippen LogP contribution in [0.1, 0.15) is 41.0 Å². The number of ketones is 1. The second kappa shape index (κ2) is 8.97. The number of alkyl halides is 3. The normalized spacial score (nSPS) is 21.2. The molecule has 2 N–H and O–H groups in total. The van der Waals surface area contributed by atoms with Gasteiger partial charge < -0.3 is 10.5 Å². The summed E-state index contributed by atoms with van der Waals surface area (Å²) in [4.78, 5) is 20.7. The lowest BCUT2D eigenvalue weighted by Crippen LogP contribution is -2.56. The molecule has 0 bridgehead atoms. The average molecular weight is 502 g/mol. The zero-order valence-electron chi connectivity index (χ0n) is 18.6. The highest BCUT2D eigenvalue weighted by Gasteiger charge is 2.51. The Labute approximate surface area is 194 Å². The largest absolute Gasteiger partial charge is 0.433 e. The smallest absolute Gasteiger partial charge is 0.387 e. The summed E-state index contributed by atoms with van der Waals surface area (Å²) in [6, 6.07) is 4.70. The van der Waals surface area contributed by atoms with E-state index in [9.17, 15) is 30.8 Å². The predicted molar refractivity (Wildman–Crippen MR) is 117 cm³/mol. The predicted octanol–water partition coefficient (Wildman–Crippen LogP) is 3.28. The van der Waals surface area contributed by atoms with Crippen LogP contribution in [0.3, 0.4) is 0 Å². The fourth-order valence-corrected chi connectivity index (χ4v) is 5.30. The van der Waals surface area contributed by atoms with Gasteiger partial charge in [-0.25, -0.2) is 22.2 Å². The summed E-state index contributed by atoms with van der Waals surface area (Å²) < 4.78 is 82.1. The highest BCUT2D eigenvalue weighted by Crippen LogP contribution is 2.39. The van der Waals surface area contributed by atoms with Gasteiger partial charge in [0.15, 0.2) is 15.6 Å². The third-order valence-corrected chi connectivity index (χ3v) is 8.44. The van der Waals surface area contributed by atoms with E-state index >= 15 is 0 Å². The Morgan fingerprint density at radius 2 is 1.94 bits per heavy atom. The average Bonchev–Trinajstić information content (AvgIpc) is 2.72. The third-order valence-electron chi connectivity index (χ3n) is 5.82. The number of aromatic nitrogens is 1. The fourth-order valence-electron chi connectivity index (χ4n) is 3.65. The number of aliphatic imine (C=N–C) groups is 1. The topological polar surface area (TPSA) is 112 Å². The second-order valence-electron chi connectivity index (χ2n) is 8.56. The van der Waals surface area contributed by atoms with E-state index in [1.54, 1.807) is 0 Å². The van der Waals surface area contributed by atoms with Gasteiger partial charge in [-0.2, -0.15) is 8.78 Å². The van der Waals surface area contributed by atoms with Gasteiger partial charge in [0.25, 0.3) is 0 Å². The van der Waals surface area contributed by atoms with E-state index in [-0.39, 0.29) is 40.4 Å². The molecule has 0 radical (unpaired) electrons. The number of halogens is 4. The highest BCUT2D eigenvalue weighted by atomic mass is 32.2. The van der Waals surface area contributed by atoms with Crippen LogP contribution < -0.4 is 10.5 Å². The van der Waals surface area contributed by atoms with Crippen molar-refractivity contribution in [3.63, 3.8) is 0 Å². The minimum atomic E-state index is -4.00. The molecular weight excluding hydrogens is 478 g/mol. The first kappa shape index (κ1) is 25.6. The summed E-state index contributed by atoms with van der Waals surface area (Å²) in [6.07, 6.45) is 0.683. The molecule has 1 aliphatic rings. The van der Waals surface area contributed by atoms with Crippen molar-refractivity contribution in [2.75, 3.05) is 12.4 Å². The number of ether oxygens (including phenoxy) is 1. The molecule has 12 heteroatoms. The number of benzene rings is 1. The van der Waals surface area contributed by atoms with Crippen LogP contribution in [0.4, 0.5) is 17.6 Å². The Kier molecular flexibility index (Phi) is 6.75. The number of amidine groups is 1. The molecule has 1 aliphatic heterocycles. The van der Waals surface area contributed by atoms with Crippen molar-refractivity contribution in [3.05, 3.63) is 58.7 Å². The van der Waals surface area contributed by atoms with Crippen LogP contribution in [-0.4, -0.2) is 48.8 Å². The lowest BCUT2D eigenvalue weighted by Gasteiger charge is -2.38. The number of aryl methyl sites for hydroxylation is 1. The number of carbonyl (C=O) groups excluding carboxylic acids is 1. The molecule has 0 saturated heterocycles. The van der Waals surface area contributed by atoms with E-state index in [0.717, 1.165) is 12.3 Å². The molecule has 184 valence electrons. The first-order chi connectivity index (χ1) is 15.7. The zero-order valence-corrected chi connectivity index (χ0v) is 19.4. The summed E-state index contributed by atoms with van der Waals surface area (Å²) in [7, 11) is -4.00. The van der Waals surface area contributed by atoms with Crippen molar-refractivity contribution < 1.29 is 35.5 Å². The SMILES string of the molecule is Cc1cc(OC(F)F)cnc1C(=O)Cc1ccc(F)c([C@]2(CF)CS(=O)(=O)C(C)(C)C(N)=N2)c1. The molecular formula is C22H23F4N3O4S. The van der Waals surface area contributed by atoms with Crippen LogP contribution in [0.2, 0.25) is 0 Å². The van der Waals surface area contributed by atoms with E-state index in [1.807, 2.05) is 0 Å². The third kappa shape index (κ3) is 4.63. The summed E-state index contributed by atoms with van der Waals surface area (Å²) in [5.74, 6) is -2.78.